The van der Waals surface area contributed by atoms with Crippen molar-refractivity contribution in [3.63, 3.8) is 0 Å². The van der Waals surface area contributed by atoms with Crippen molar-refractivity contribution < 1.29 is 4.74 Å². The minimum Gasteiger partial charge on any atom is -0.480 e. The summed E-state index contributed by atoms with van der Waals surface area (Å²) in [6.45, 7) is 0. The number of hydrogen-bond acceptors (Lipinski definition) is 3. The van der Waals surface area contributed by atoms with E-state index in [1.165, 1.54) is 7.11 Å². The van der Waals surface area contributed by atoms with E-state index in [9.17, 15) is 0 Å². The second kappa shape index (κ2) is 4.45. The predicted molar refractivity (Wildman–Crippen MR) is 63.1 cm³/mol. The van der Waals surface area contributed by atoms with Crippen LogP contribution in [0, 0.1) is 11.5 Å². The molecule has 0 heterocycles. The molecular formula is C13H10N2O. The molecule has 0 aliphatic heterocycles. The molecule has 0 aliphatic carbocycles. The van der Waals surface area contributed by atoms with E-state index in [4.69, 9.17) is 10.00 Å². The molecule has 0 bridgehead atoms. The molecule has 0 atom stereocenters. The number of rotatable bonds is 1. The lowest BCUT2D eigenvalue weighted by atomic mass is 10.0. The van der Waals surface area contributed by atoms with Gasteiger partial charge in [-0.15, -0.1) is 4.99 Å². The molecule has 0 aromatic heterocycles. The van der Waals surface area contributed by atoms with Crippen LogP contribution in [0.1, 0.15) is 5.56 Å². The average molecular weight is 210 g/mol. The highest BCUT2D eigenvalue weighted by atomic mass is 16.5. The Labute approximate surface area is 93.6 Å². The normalized spacial score (nSPS) is 11.1. The van der Waals surface area contributed by atoms with Crippen LogP contribution in [0.25, 0.3) is 10.8 Å². The van der Waals surface area contributed by atoms with Gasteiger partial charge in [0.2, 0.25) is 12.1 Å². The van der Waals surface area contributed by atoms with Gasteiger partial charge in [0.05, 0.1) is 7.11 Å². The van der Waals surface area contributed by atoms with Crippen molar-refractivity contribution >= 4 is 16.7 Å². The Morgan fingerprint density at radius 2 is 1.94 bits per heavy atom. The summed E-state index contributed by atoms with van der Waals surface area (Å²) in [5.41, 5.74) is 0.835. The van der Waals surface area contributed by atoms with Gasteiger partial charge in [-0.3, -0.25) is 0 Å². The fraction of sp³-hybridized carbons (Fsp3) is 0.0769. The van der Waals surface area contributed by atoms with Crippen molar-refractivity contribution in [1.29, 1.82) is 5.26 Å². The second-order valence-electron chi connectivity index (χ2n) is 3.25. The molecule has 0 N–H and O–H groups in total. The Morgan fingerprint density at radius 1 is 1.19 bits per heavy atom. The summed E-state index contributed by atoms with van der Waals surface area (Å²) >= 11 is 0. The number of benzene rings is 2. The topological polar surface area (TPSA) is 45.4 Å². The maximum absolute atomic E-state index is 8.58. The van der Waals surface area contributed by atoms with Crippen LogP contribution in [-0.4, -0.2) is 13.0 Å². The molecule has 2 aromatic carbocycles. The monoisotopic (exact) mass is 210 g/mol. The van der Waals surface area contributed by atoms with E-state index in [1.54, 1.807) is 6.19 Å². The van der Waals surface area contributed by atoms with Crippen LogP contribution in [0.4, 0.5) is 0 Å². The first kappa shape index (κ1) is 10.2. The summed E-state index contributed by atoms with van der Waals surface area (Å²) in [7, 11) is 1.51. The molecule has 2 aromatic rings. The van der Waals surface area contributed by atoms with Crippen molar-refractivity contribution in [2.45, 2.75) is 0 Å². The predicted octanol–water partition coefficient (Wildman–Crippen LogP) is 2.71. The van der Waals surface area contributed by atoms with E-state index < -0.39 is 0 Å². The summed E-state index contributed by atoms with van der Waals surface area (Å²) in [4.78, 5) is 3.66. The Hall–Kier alpha value is -2.34. The van der Waals surface area contributed by atoms with Crippen molar-refractivity contribution in [2.24, 2.45) is 4.99 Å². The molecule has 0 saturated heterocycles. The maximum atomic E-state index is 8.58. The van der Waals surface area contributed by atoms with Crippen LogP contribution in [0.15, 0.2) is 47.5 Å². The zero-order valence-corrected chi connectivity index (χ0v) is 8.84. The van der Waals surface area contributed by atoms with E-state index in [1.807, 2.05) is 42.5 Å². The van der Waals surface area contributed by atoms with Crippen LogP contribution < -0.4 is 0 Å². The molecule has 3 heteroatoms. The van der Waals surface area contributed by atoms with Gasteiger partial charge in [-0.25, -0.2) is 0 Å². The number of nitrogens with zero attached hydrogens (tertiary/aromatic N) is 2. The molecule has 0 unspecified atom stereocenters. The number of hydrogen-bond donors (Lipinski definition) is 0. The number of nitriles is 1. The smallest absolute Gasteiger partial charge is 0.232 e. The van der Waals surface area contributed by atoms with Gasteiger partial charge < -0.3 is 4.74 Å². The van der Waals surface area contributed by atoms with E-state index in [-0.39, 0.29) is 0 Å². The Bertz CT molecular complexity index is 576. The zero-order chi connectivity index (χ0) is 11.4. The number of methoxy groups -OCH3 is 1. The van der Waals surface area contributed by atoms with Gasteiger partial charge in [-0.05, 0) is 16.8 Å². The van der Waals surface area contributed by atoms with Crippen molar-refractivity contribution in [2.75, 3.05) is 7.11 Å². The van der Waals surface area contributed by atoms with Gasteiger partial charge in [0.1, 0.15) is 0 Å². The molecule has 0 aliphatic rings. The van der Waals surface area contributed by atoms with Crippen LogP contribution in [0.2, 0.25) is 0 Å². The molecule has 78 valence electrons. The lowest BCUT2D eigenvalue weighted by molar-refractivity contribution is 0.405. The largest absolute Gasteiger partial charge is 0.480 e. The van der Waals surface area contributed by atoms with E-state index >= 15 is 0 Å². The molecular weight excluding hydrogens is 200 g/mol. The first-order valence-corrected chi connectivity index (χ1v) is 4.85. The molecule has 2 rings (SSSR count). The van der Waals surface area contributed by atoms with Crippen molar-refractivity contribution in [3.05, 3.63) is 48.0 Å². The summed E-state index contributed by atoms with van der Waals surface area (Å²) in [6.07, 6.45) is 1.74. The lowest BCUT2D eigenvalue weighted by Crippen LogP contribution is -2.03. The lowest BCUT2D eigenvalue weighted by Gasteiger charge is -2.06. The first-order chi connectivity index (χ1) is 7.86. The van der Waals surface area contributed by atoms with Gasteiger partial charge in [-0.1, -0.05) is 36.4 Å². The molecule has 0 amide bonds. The van der Waals surface area contributed by atoms with E-state index in [0.29, 0.717) is 5.90 Å². The van der Waals surface area contributed by atoms with Crippen LogP contribution >= 0.6 is 0 Å². The fourth-order valence-electron chi connectivity index (χ4n) is 1.67. The van der Waals surface area contributed by atoms with Crippen LogP contribution in [-0.2, 0) is 4.74 Å². The van der Waals surface area contributed by atoms with Crippen LogP contribution in [0.3, 0.4) is 0 Å². The third-order valence-electron chi connectivity index (χ3n) is 2.36. The number of aliphatic imine (C=N–C) groups is 1. The average Bonchev–Trinajstić information content (AvgIpc) is 2.35. The van der Waals surface area contributed by atoms with Gasteiger partial charge in [0, 0.05) is 5.56 Å². The SMILES string of the molecule is COC(=NC#N)c1cccc2ccccc12. The standard InChI is InChI=1S/C13H10N2O/c1-16-13(15-9-14)12-8-4-6-10-5-2-3-7-11(10)12/h2-8H,1H3. The fourth-order valence-corrected chi connectivity index (χ4v) is 1.67. The third kappa shape index (κ3) is 1.73. The highest BCUT2D eigenvalue weighted by molar-refractivity contribution is 6.07. The third-order valence-corrected chi connectivity index (χ3v) is 2.36. The van der Waals surface area contributed by atoms with E-state index in [2.05, 4.69) is 4.99 Å². The molecule has 0 fully saturated rings. The molecule has 0 spiro atoms. The molecule has 3 nitrogen and oxygen atoms in total. The summed E-state index contributed by atoms with van der Waals surface area (Å²) in [5, 5.41) is 10.7. The maximum Gasteiger partial charge on any atom is 0.232 e. The van der Waals surface area contributed by atoms with Gasteiger partial charge in [0.15, 0.2) is 0 Å². The van der Waals surface area contributed by atoms with Crippen molar-refractivity contribution in [3.8, 4) is 6.19 Å². The quantitative estimate of drug-likeness (QED) is 0.412. The Kier molecular flexibility index (Phi) is 2.84. The summed E-state index contributed by atoms with van der Waals surface area (Å²) < 4.78 is 5.11. The minimum absolute atomic E-state index is 0.347. The molecule has 0 radical (unpaired) electrons. The summed E-state index contributed by atoms with van der Waals surface area (Å²) in [5.74, 6) is 0.347. The molecule has 0 saturated carbocycles. The number of fused-ring (bicyclic) bond motifs is 1. The first-order valence-electron chi connectivity index (χ1n) is 4.85. The van der Waals surface area contributed by atoms with Gasteiger partial charge in [-0.2, -0.15) is 5.26 Å². The molecule has 16 heavy (non-hydrogen) atoms. The highest BCUT2D eigenvalue weighted by Gasteiger charge is 2.07. The van der Waals surface area contributed by atoms with Gasteiger partial charge in [0.25, 0.3) is 0 Å². The zero-order valence-electron chi connectivity index (χ0n) is 8.84. The highest BCUT2D eigenvalue weighted by Crippen LogP contribution is 2.19. The Balaban J connectivity index is 2.70. The summed E-state index contributed by atoms with van der Waals surface area (Å²) in [6, 6.07) is 13.7. The van der Waals surface area contributed by atoms with Crippen molar-refractivity contribution in [1.82, 2.24) is 0 Å². The Morgan fingerprint density at radius 3 is 2.69 bits per heavy atom. The second-order valence-corrected chi connectivity index (χ2v) is 3.25. The minimum atomic E-state index is 0.347. The number of ether oxygens (including phenoxy) is 1. The van der Waals surface area contributed by atoms with Crippen LogP contribution in [0.5, 0.6) is 0 Å². The van der Waals surface area contributed by atoms with E-state index in [0.717, 1.165) is 16.3 Å². The van der Waals surface area contributed by atoms with Gasteiger partial charge >= 0.3 is 0 Å².